The summed E-state index contributed by atoms with van der Waals surface area (Å²) in [6, 6.07) is 8.56. The molecule has 0 saturated carbocycles. The standard InChI is InChI=1S/C13H16N2.2CH4/c1-3-15-10-6-13(7-11-15)12-4-8-14(2)9-5-12;;/h4-11H,3H2,1-2H3;2*1H4/q+2;;. The molecule has 0 aromatic carbocycles. The summed E-state index contributed by atoms with van der Waals surface area (Å²) in [5.74, 6) is 0. The Kier molecular flexibility index (Phi) is 6.11. The van der Waals surface area contributed by atoms with E-state index in [0.717, 1.165) is 6.54 Å². The molecule has 0 atom stereocenters. The van der Waals surface area contributed by atoms with Crippen molar-refractivity contribution in [2.24, 2.45) is 7.05 Å². The highest BCUT2D eigenvalue weighted by Gasteiger charge is 2.02. The lowest BCUT2D eigenvalue weighted by molar-refractivity contribution is -0.693. The van der Waals surface area contributed by atoms with E-state index in [1.165, 1.54) is 11.1 Å². The van der Waals surface area contributed by atoms with Crippen LogP contribution in [0.5, 0.6) is 0 Å². The summed E-state index contributed by atoms with van der Waals surface area (Å²) in [7, 11) is 2.03. The Labute approximate surface area is 105 Å². The van der Waals surface area contributed by atoms with Crippen molar-refractivity contribution in [2.75, 3.05) is 0 Å². The van der Waals surface area contributed by atoms with Crippen LogP contribution in [-0.2, 0) is 13.6 Å². The van der Waals surface area contributed by atoms with E-state index < -0.39 is 0 Å². The Morgan fingerprint density at radius 3 is 1.65 bits per heavy atom. The fraction of sp³-hybridized carbons (Fsp3) is 0.333. The van der Waals surface area contributed by atoms with Gasteiger partial charge >= 0.3 is 0 Å². The number of rotatable bonds is 2. The lowest BCUT2D eigenvalue weighted by atomic mass is 10.1. The summed E-state index contributed by atoms with van der Waals surface area (Å²) >= 11 is 0. The molecule has 0 amide bonds. The zero-order valence-corrected chi connectivity index (χ0v) is 9.22. The molecule has 2 nitrogen and oxygen atoms in total. The van der Waals surface area contributed by atoms with Crippen LogP contribution in [0.2, 0.25) is 0 Å². The fourth-order valence-corrected chi connectivity index (χ4v) is 1.55. The molecule has 0 N–H and O–H groups in total. The zero-order valence-electron chi connectivity index (χ0n) is 9.22. The highest BCUT2D eigenvalue weighted by molar-refractivity contribution is 5.60. The fourth-order valence-electron chi connectivity index (χ4n) is 1.55. The van der Waals surface area contributed by atoms with Crippen molar-refractivity contribution in [1.29, 1.82) is 0 Å². The number of nitrogens with zero attached hydrogens (tertiary/aromatic N) is 2. The number of aryl methyl sites for hydroxylation is 2. The maximum Gasteiger partial charge on any atom is 0.169 e. The highest BCUT2D eigenvalue weighted by Crippen LogP contribution is 2.15. The Balaban J connectivity index is 0.00000128. The number of pyridine rings is 2. The van der Waals surface area contributed by atoms with Crippen molar-refractivity contribution in [3.8, 4) is 11.1 Å². The smallest absolute Gasteiger partial charge is 0.169 e. The van der Waals surface area contributed by atoms with E-state index >= 15 is 0 Å². The van der Waals surface area contributed by atoms with Gasteiger partial charge in [-0.2, -0.15) is 0 Å². The first-order chi connectivity index (χ1) is 7.29. The van der Waals surface area contributed by atoms with E-state index in [4.69, 9.17) is 0 Å². The molecule has 17 heavy (non-hydrogen) atoms. The monoisotopic (exact) mass is 232 g/mol. The highest BCUT2D eigenvalue weighted by atomic mass is 14.9. The normalized spacial score (nSPS) is 9.06. The van der Waals surface area contributed by atoms with Crippen LogP contribution < -0.4 is 9.13 Å². The summed E-state index contributed by atoms with van der Waals surface area (Å²) in [6.07, 6.45) is 8.36. The van der Waals surface area contributed by atoms with Gasteiger partial charge in [-0.25, -0.2) is 9.13 Å². The van der Waals surface area contributed by atoms with Gasteiger partial charge in [0.2, 0.25) is 0 Å². The van der Waals surface area contributed by atoms with Crippen molar-refractivity contribution < 1.29 is 9.13 Å². The van der Waals surface area contributed by atoms with Crippen LogP contribution in [0.1, 0.15) is 21.8 Å². The van der Waals surface area contributed by atoms with Gasteiger partial charge < -0.3 is 0 Å². The Bertz CT molecular complexity index is 429. The van der Waals surface area contributed by atoms with E-state index in [-0.39, 0.29) is 14.9 Å². The minimum Gasteiger partial charge on any atom is -0.208 e. The third kappa shape index (κ3) is 3.66. The van der Waals surface area contributed by atoms with Gasteiger partial charge in [0.25, 0.3) is 0 Å². The van der Waals surface area contributed by atoms with E-state index in [0.29, 0.717) is 0 Å². The minimum atomic E-state index is 0. The predicted octanol–water partition coefficient (Wildman–Crippen LogP) is 2.76. The molecule has 0 aliphatic heterocycles. The van der Waals surface area contributed by atoms with Crippen LogP contribution in [0.15, 0.2) is 49.1 Å². The molecule has 0 bridgehead atoms. The first kappa shape index (κ1) is 15.3. The molecule has 0 unspecified atom stereocenters. The second-order valence-corrected chi connectivity index (χ2v) is 3.67. The van der Waals surface area contributed by atoms with Crippen LogP contribution in [0.3, 0.4) is 0 Å². The van der Waals surface area contributed by atoms with Crippen LogP contribution >= 0.6 is 0 Å². The second kappa shape index (κ2) is 6.79. The third-order valence-corrected chi connectivity index (χ3v) is 2.57. The third-order valence-electron chi connectivity index (χ3n) is 2.57. The molecule has 0 radical (unpaired) electrons. The maximum absolute atomic E-state index is 2.16. The average Bonchev–Trinajstić information content (AvgIpc) is 2.30. The Morgan fingerprint density at radius 1 is 0.824 bits per heavy atom. The molecule has 0 saturated heterocycles. The molecule has 2 heteroatoms. The molecule has 92 valence electrons. The second-order valence-electron chi connectivity index (χ2n) is 3.67. The molecule has 0 fully saturated rings. The van der Waals surface area contributed by atoms with Crippen molar-refractivity contribution in [2.45, 2.75) is 28.3 Å². The maximum atomic E-state index is 2.16. The van der Waals surface area contributed by atoms with Gasteiger partial charge in [0.15, 0.2) is 24.8 Å². The van der Waals surface area contributed by atoms with Crippen molar-refractivity contribution >= 4 is 0 Å². The van der Waals surface area contributed by atoms with Gasteiger partial charge in [-0.15, -0.1) is 0 Å². The zero-order chi connectivity index (χ0) is 10.7. The molecule has 2 heterocycles. The van der Waals surface area contributed by atoms with Crippen LogP contribution in [0, 0.1) is 0 Å². The van der Waals surface area contributed by atoms with E-state index in [9.17, 15) is 0 Å². The summed E-state index contributed by atoms with van der Waals surface area (Å²) in [6.45, 7) is 3.16. The molecular weight excluding hydrogens is 208 g/mol. The average molecular weight is 232 g/mol. The summed E-state index contributed by atoms with van der Waals surface area (Å²) in [4.78, 5) is 0. The number of hydrogen-bond donors (Lipinski definition) is 0. The largest absolute Gasteiger partial charge is 0.208 e. The van der Waals surface area contributed by atoms with Crippen LogP contribution in [0.4, 0.5) is 0 Å². The van der Waals surface area contributed by atoms with Crippen molar-refractivity contribution in [1.82, 2.24) is 0 Å². The summed E-state index contributed by atoms with van der Waals surface area (Å²) < 4.78 is 4.20. The molecule has 0 aliphatic carbocycles. The van der Waals surface area contributed by atoms with E-state index in [1.807, 2.05) is 11.6 Å². The molecule has 2 aromatic rings. The van der Waals surface area contributed by atoms with Gasteiger partial charge in [-0.05, 0) is 18.1 Å². The molecule has 2 rings (SSSR count). The molecule has 0 spiro atoms. The van der Waals surface area contributed by atoms with Gasteiger partial charge in [0.05, 0.1) is 0 Å². The Hall–Kier alpha value is -1.70. The SMILES string of the molecule is C.C.CC[n+]1ccc(-c2cc[n+](C)cc2)cc1. The van der Waals surface area contributed by atoms with Gasteiger partial charge in [-0.3, -0.25) is 0 Å². The molecule has 0 aliphatic rings. The van der Waals surface area contributed by atoms with Gasteiger partial charge in [-0.1, -0.05) is 14.9 Å². The minimum absolute atomic E-state index is 0. The Morgan fingerprint density at radius 2 is 1.24 bits per heavy atom. The number of hydrogen-bond acceptors (Lipinski definition) is 0. The lowest BCUT2D eigenvalue weighted by Gasteiger charge is -1.98. The topological polar surface area (TPSA) is 7.76 Å². The first-order valence-electron chi connectivity index (χ1n) is 5.24. The molecule has 2 aromatic heterocycles. The number of aromatic nitrogens is 2. The summed E-state index contributed by atoms with van der Waals surface area (Å²) in [5, 5.41) is 0. The lowest BCUT2D eigenvalue weighted by Crippen LogP contribution is -2.30. The van der Waals surface area contributed by atoms with E-state index in [2.05, 4.69) is 60.5 Å². The summed E-state index contributed by atoms with van der Waals surface area (Å²) in [5.41, 5.74) is 2.52. The molecular formula is C15H24N2+2. The van der Waals surface area contributed by atoms with Gasteiger partial charge in [0.1, 0.15) is 13.6 Å². The van der Waals surface area contributed by atoms with Crippen molar-refractivity contribution in [3.63, 3.8) is 0 Å². The van der Waals surface area contributed by atoms with Crippen LogP contribution in [-0.4, -0.2) is 0 Å². The van der Waals surface area contributed by atoms with Crippen molar-refractivity contribution in [3.05, 3.63) is 49.1 Å². The van der Waals surface area contributed by atoms with Crippen LogP contribution in [0.25, 0.3) is 11.1 Å². The van der Waals surface area contributed by atoms with E-state index in [1.54, 1.807) is 0 Å². The predicted molar refractivity (Wildman–Crippen MR) is 72.4 cm³/mol. The van der Waals surface area contributed by atoms with Gasteiger partial charge in [0, 0.05) is 24.3 Å². The quantitative estimate of drug-likeness (QED) is 0.703. The first-order valence-corrected chi connectivity index (χ1v) is 5.24.